The molecule has 5 heteroatoms. The largest absolute Gasteiger partial charge is 0.468 e. The Hall–Kier alpha value is -2.43. The lowest BCUT2D eigenvalue weighted by Gasteiger charge is -2.02. The minimum atomic E-state index is -0.373. The highest BCUT2D eigenvalue weighted by Gasteiger charge is 2.14. The van der Waals surface area contributed by atoms with Crippen LogP contribution >= 0.6 is 0 Å². The monoisotopic (exact) mass is 243 g/mol. The van der Waals surface area contributed by atoms with Gasteiger partial charge >= 0.3 is 5.97 Å². The van der Waals surface area contributed by atoms with Crippen LogP contribution in [0.4, 0.5) is 0 Å². The van der Waals surface area contributed by atoms with Crippen LogP contribution < -0.4 is 0 Å². The zero-order valence-corrected chi connectivity index (χ0v) is 10.0. The molecule has 0 atom stereocenters. The van der Waals surface area contributed by atoms with E-state index in [2.05, 4.69) is 21.6 Å². The highest BCUT2D eigenvalue weighted by molar-refractivity contribution is 5.72. The summed E-state index contributed by atoms with van der Waals surface area (Å²) in [7, 11) is 1.34. The maximum absolute atomic E-state index is 11.2. The number of rotatable bonds is 4. The molecule has 0 N–H and O–H groups in total. The first-order valence-corrected chi connectivity index (χ1v) is 5.44. The Labute approximate surface area is 105 Å². The first kappa shape index (κ1) is 12.0. The summed E-state index contributed by atoms with van der Waals surface area (Å²) in [5.41, 5.74) is 2.34. The molecule has 0 saturated carbocycles. The lowest BCUT2D eigenvalue weighted by atomic mass is 10.1. The van der Waals surface area contributed by atoms with Crippen molar-refractivity contribution in [2.45, 2.75) is 6.54 Å². The van der Waals surface area contributed by atoms with Crippen molar-refractivity contribution in [3.05, 3.63) is 42.6 Å². The molecule has 5 nitrogen and oxygen atoms in total. The van der Waals surface area contributed by atoms with E-state index in [0.717, 1.165) is 5.56 Å². The van der Waals surface area contributed by atoms with Crippen molar-refractivity contribution in [3.8, 4) is 11.3 Å². The van der Waals surface area contributed by atoms with E-state index in [-0.39, 0.29) is 12.5 Å². The Kier molecular flexibility index (Phi) is 3.52. The Morgan fingerprint density at radius 3 is 2.78 bits per heavy atom. The van der Waals surface area contributed by atoms with Gasteiger partial charge in [0.2, 0.25) is 0 Å². The van der Waals surface area contributed by atoms with E-state index in [4.69, 9.17) is 0 Å². The number of aromatic nitrogens is 3. The summed E-state index contributed by atoms with van der Waals surface area (Å²) >= 11 is 0. The van der Waals surface area contributed by atoms with E-state index >= 15 is 0 Å². The molecule has 0 unspecified atom stereocenters. The molecule has 0 bridgehead atoms. The summed E-state index contributed by atoms with van der Waals surface area (Å²) in [6.07, 6.45) is 1.63. The fraction of sp³-hybridized carbons (Fsp3) is 0.154. The highest BCUT2D eigenvalue weighted by Crippen LogP contribution is 2.21. The van der Waals surface area contributed by atoms with Crippen LogP contribution in [0.1, 0.15) is 5.69 Å². The summed E-state index contributed by atoms with van der Waals surface area (Å²) in [5, 5.41) is 8.02. The molecule has 2 aromatic rings. The molecule has 0 saturated heterocycles. The van der Waals surface area contributed by atoms with E-state index in [9.17, 15) is 4.79 Å². The van der Waals surface area contributed by atoms with Crippen molar-refractivity contribution in [2.75, 3.05) is 7.11 Å². The normalized spacial score (nSPS) is 10.1. The van der Waals surface area contributed by atoms with Gasteiger partial charge < -0.3 is 4.74 Å². The quantitative estimate of drug-likeness (QED) is 0.768. The molecule has 1 heterocycles. The molecule has 0 aliphatic heterocycles. The number of hydrogen-bond acceptors (Lipinski definition) is 4. The van der Waals surface area contributed by atoms with E-state index in [1.807, 2.05) is 30.3 Å². The van der Waals surface area contributed by atoms with Gasteiger partial charge in [0.25, 0.3) is 0 Å². The third-order valence-electron chi connectivity index (χ3n) is 2.52. The molecule has 0 aliphatic carbocycles. The molecular formula is C13H13N3O2. The van der Waals surface area contributed by atoms with Gasteiger partial charge in [-0.2, -0.15) is 0 Å². The Morgan fingerprint density at radius 1 is 1.44 bits per heavy atom. The molecule has 0 amide bonds. The van der Waals surface area contributed by atoms with Crippen LogP contribution in [0.5, 0.6) is 0 Å². The molecule has 0 spiro atoms. The Balaban J connectivity index is 2.39. The molecule has 0 radical (unpaired) electrons. The van der Waals surface area contributed by atoms with Gasteiger partial charge in [-0.3, -0.25) is 4.79 Å². The third-order valence-corrected chi connectivity index (χ3v) is 2.52. The van der Waals surface area contributed by atoms with Gasteiger partial charge in [-0.05, 0) is 6.08 Å². The highest BCUT2D eigenvalue weighted by atomic mass is 16.5. The molecule has 1 aromatic carbocycles. The van der Waals surface area contributed by atoms with Gasteiger partial charge in [0.15, 0.2) is 0 Å². The number of esters is 1. The van der Waals surface area contributed by atoms with Crippen molar-refractivity contribution in [3.63, 3.8) is 0 Å². The predicted molar refractivity (Wildman–Crippen MR) is 67.6 cm³/mol. The van der Waals surface area contributed by atoms with E-state index in [1.165, 1.54) is 11.8 Å². The third kappa shape index (κ3) is 2.29. The molecular weight excluding hydrogens is 230 g/mol. The average Bonchev–Trinajstić information content (AvgIpc) is 2.82. The van der Waals surface area contributed by atoms with Crippen molar-refractivity contribution in [1.82, 2.24) is 15.0 Å². The zero-order valence-electron chi connectivity index (χ0n) is 10.0. The fourth-order valence-corrected chi connectivity index (χ4v) is 1.63. The summed E-state index contributed by atoms with van der Waals surface area (Å²) in [6, 6.07) is 9.62. The Bertz CT molecular complexity index is 561. The van der Waals surface area contributed by atoms with Crippen LogP contribution in [0.25, 0.3) is 17.3 Å². The van der Waals surface area contributed by atoms with Crippen LogP contribution in [0.2, 0.25) is 0 Å². The number of hydrogen-bond donors (Lipinski definition) is 0. The van der Waals surface area contributed by atoms with Gasteiger partial charge in [-0.15, -0.1) is 5.10 Å². The van der Waals surface area contributed by atoms with Crippen molar-refractivity contribution in [2.24, 2.45) is 0 Å². The van der Waals surface area contributed by atoms with Crippen LogP contribution in [0, 0.1) is 0 Å². The van der Waals surface area contributed by atoms with E-state index in [0.29, 0.717) is 11.4 Å². The maximum atomic E-state index is 11.2. The fourth-order valence-electron chi connectivity index (χ4n) is 1.63. The van der Waals surface area contributed by atoms with Gasteiger partial charge in [0, 0.05) is 5.56 Å². The standard InChI is InChI=1S/C13H13N3O2/c1-3-11-13(10-7-5-4-6-8-10)14-15-16(11)9-12(17)18-2/h3-8H,1,9H2,2H3. The molecule has 0 aliphatic rings. The maximum Gasteiger partial charge on any atom is 0.327 e. The number of carbonyl (C=O) groups is 1. The average molecular weight is 243 g/mol. The Morgan fingerprint density at radius 2 is 2.17 bits per heavy atom. The first-order chi connectivity index (χ1) is 8.76. The lowest BCUT2D eigenvalue weighted by molar-refractivity contribution is -0.141. The second-order valence-corrected chi connectivity index (χ2v) is 3.63. The molecule has 2 rings (SSSR count). The van der Waals surface area contributed by atoms with E-state index in [1.54, 1.807) is 6.08 Å². The topological polar surface area (TPSA) is 57.0 Å². The van der Waals surface area contributed by atoms with Crippen LogP contribution in [0.15, 0.2) is 36.9 Å². The molecule has 18 heavy (non-hydrogen) atoms. The van der Waals surface area contributed by atoms with Crippen molar-refractivity contribution >= 4 is 12.0 Å². The minimum absolute atomic E-state index is 0.0255. The van der Waals surface area contributed by atoms with Gasteiger partial charge in [0.05, 0.1) is 12.8 Å². The van der Waals surface area contributed by atoms with Gasteiger partial charge in [-0.1, -0.05) is 42.1 Å². The van der Waals surface area contributed by atoms with Gasteiger partial charge in [-0.25, -0.2) is 4.68 Å². The van der Waals surface area contributed by atoms with Crippen LogP contribution in [-0.2, 0) is 16.1 Å². The lowest BCUT2D eigenvalue weighted by Crippen LogP contribution is -2.14. The predicted octanol–water partition coefficient (Wildman–Crippen LogP) is 1.76. The number of methoxy groups -OCH3 is 1. The van der Waals surface area contributed by atoms with E-state index < -0.39 is 0 Å². The van der Waals surface area contributed by atoms with Crippen LogP contribution in [0.3, 0.4) is 0 Å². The van der Waals surface area contributed by atoms with Gasteiger partial charge in [0.1, 0.15) is 12.2 Å². The number of nitrogens with zero attached hydrogens (tertiary/aromatic N) is 3. The molecule has 0 fully saturated rings. The molecule has 1 aromatic heterocycles. The number of benzene rings is 1. The SMILES string of the molecule is C=Cc1c(-c2ccccc2)nnn1CC(=O)OC. The smallest absolute Gasteiger partial charge is 0.327 e. The van der Waals surface area contributed by atoms with Crippen molar-refractivity contribution < 1.29 is 9.53 Å². The van der Waals surface area contributed by atoms with Crippen LogP contribution in [-0.4, -0.2) is 28.1 Å². The minimum Gasteiger partial charge on any atom is -0.468 e. The second-order valence-electron chi connectivity index (χ2n) is 3.63. The first-order valence-electron chi connectivity index (χ1n) is 5.44. The zero-order chi connectivity index (χ0) is 13.0. The summed E-state index contributed by atoms with van der Waals surface area (Å²) in [4.78, 5) is 11.2. The number of carbonyl (C=O) groups excluding carboxylic acids is 1. The second kappa shape index (κ2) is 5.27. The summed E-state index contributed by atoms with van der Waals surface area (Å²) in [6.45, 7) is 3.76. The summed E-state index contributed by atoms with van der Waals surface area (Å²) in [5.74, 6) is -0.373. The summed E-state index contributed by atoms with van der Waals surface area (Å²) < 4.78 is 6.08. The molecule has 92 valence electrons. The number of ether oxygens (including phenoxy) is 1. The van der Waals surface area contributed by atoms with Crippen molar-refractivity contribution in [1.29, 1.82) is 0 Å².